The number of carbonyl (C=O) groups excluding carboxylic acids is 3. The predicted octanol–water partition coefficient (Wildman–Crippen LogP) is 1.04. The predicted molar refractivity (Wildman–Crippen MR) is 110 cm³/mol. The zero-order chi connectivity index (χ0) is 23.1. The van der Waals surface area contributed by atoms with Crippen molar-refractivity contribution in [1.82, 2.24) is 15.4 Å². The lowest BCUT2D eigenvalue weighted by molar-refractivity contribution is -0.138. The number of rotatable bonds is 9. The molecule has 3 rings (SSSR count). The number of sulfonamides is 1. The van der Waals surface area contributed by atoms with E-state index >= 15 is 0 Å². The number of hydrogen-bond donors (Lipinski definition) is 3. The zero-order valence-electron chi connectivity index (χ0n) is 17.0. The molecule has 0 atom stereocenters. The molecular weight excluding hydrogens is 442 g/mol. The Balaban J connectivity index is 1.64. The van der Waals surface area contributed by atoms with E-state index in [1.165, 1.54) is 30.5 Å². The SMILES string of the molecule is CCOC(=O)C1=C(COC(=O)c2ccc(S(=O)(=O)NCc3ccco3)cc2)NC(=O)NC1. The second-order valence-corrected chi connectivity index (χ2v) is 8.26. The molecule has 12 heteroatoms. The van der Waals surface area contributed by atoms with Gasteiger partial charge >= 0.3 is 18.0 Å². The number of urea groups is 1. The lowest BCUT2D eigenvalue weighted by Crippen LogP contribution is -2.45. The van der Waals surface area contributed by atoms with Gasteiger partial charge in [0, 0.05) is 0 Å². The van der Waals surface area contributed by atoms with Crippen LogP contribution in [0.3, 0.4) is 0 Å². The Labute approximate surface area is 183 Å². The molecule has 170 valence electrons. The number of amides is 2. The zero-order valence-corrected chi connectivity index (χ0v) is 17.9. The first kappa shape index (κ1) is 23.0. The van der Waals surface area contributed by atoms with E-state index in [-0.39, 0.29) is 48.0 Å². The number of furan rings is 1. The minimum absolute atomic E-state index is 0.0163. The molecule has 1 aliphatic heterocycles. The number of esters is 2. The van der Waals surface area contributed by atoms with Crippen LogP contribution in [0.2, 0.25) is 0 Å². The van der Waals surface area contributed by atoms with Crippen molar-refractivity contribution in [3.05, 3.63) is 65.3 Å². The van der Waals surface area contributed by atoms with Gasteiger partial charge in [0.2, 0.25) is 10.0 Å². The van der Waals surface area contributed by atoms with E-state index in [0.717, 1.165) is 0 Å². The highest BCUT2D eigenvalue weighted by Crippen LogP contribution is 2.14. The van der Waals surface area contributed by atoms with E-state index < -0.39 is 28.0 Å². The van der Waals surface area contributed by atoms with E-state index in [9.17, 15) is 22.8 Å². The Kier molecular flexibility index (Phi) is 7.28. The van der Waals surface area contributed by atoms with E-state index in [0.29, 0.717) is 5.76 Å². The Hall–Kier alpha value is -3.64. The standard InChI is InChI=1S/C20H21N3O8S/c1-2-29-19(25)16-11-21-20(26)23-17(16)12-31-18(24)13-5-7-15(8-6-13)32(27,28)22-10-14-4-3-9-30-14/h3-9,22H,2,10-12H2,1H3,(H2,21,23,26). The molecule has 0 fully saturated rings. The van der Waals surface area contributed by atoms with Crippen molar-refractivity contribution in [2.45, 2.75) is 18.4 Å². The maximum Gasteiger partial charge on any atom is 0.338 e. The van der Waals surface area contributed by atoms with E-state index in [2.05, 4.69) is 15.4 Å². The Morgan fingerprint density at radius 2 is 1.88 bits per heavy atom. The number of carbonyl (C=O) groups is 3. The van der Waals surface area contributed by atoms with E-state index in [1.54, 1.807) is 19.1 Å². The first-order valence-corrected chi connectivity index (χ1v) is 11.0. The van der Waals surface area contributed by atoms with Gasteiger partial charge in [-0.15, -0.1) is 0 Å². The van der Waals surface area contributed by atoms with Crippen LogP contribution in [0.5, 0.6) is 0 Å². The average Bonchev–Trinajstić information content (AvgIpc) is 3.30. The minimum atomic E-state index is -3.81. The quantitative estimate of drug-likeness (QED) is 0.467. The average molecular weight is 463 g/mol. The number of nitrogens with one attached hydrogen (secondary N) is 3. The fourth-order valence-corrected chi connectivity index (χ4v) is 3.72. The third kappa shape index (κ3) is 5.74. The van der Waals surface area contributed by atoms with Crippen molar-refractivity contribution < 1.29 is 36.7 Å². The van der Waals surface area contributed by atoms with Crippen LogP contribution in [-0.4, -0.2) is 46.1 Å². The van der Waals surface area contributed by atoms with Gasteiger partial charge < -0.3 is 24.5 Å². The van der Waals surface area contributed by atoms with E-state index in [4.69, 9.17) is 13.9 Å². The first-order valence-electron chi connectivity index (χ1n) is 9.53. The van der Waals surface area contributed by atoms with Crippen molar-refractivity contribution in [2.75, 3.05) is 19.8 Å². The van der Waals surface area contributed by atoms with Gasteiger partial charge in [0.25, 0.3) is 0 Å². The molecule has 2 aromatic rings. The van der Waals surface area contributed by atoms with Gasteiger partial charge in [0.15, 0.2) is 0 Å². The second-order valence-electron chi connectivity index (χ2n) is 6.49. The molecule has 0 unspecified atom stereocenters. The van der Waals surface area contributed by atoms with Gasteiger partial charge in [-0.1, -0.05) is 0 Å². The third-order valence-corrected chi connectivity index (χ3v) is 5.76. The van der Waals surface area contributed by atoms with Crippen LogP contribution in [-0.2, 0) is 30.8 Å². The molecule has 0 saturated heterocycles. The summed E-state index contributed by atoms with van der Waals surface area (Å²) < 4.78 is 42.3. The number of hydrogen-bond acceptors (Lipinski definition) is 8. The normalized spacial score (nSPS) is 13.8. The molecule has 11 nitrogen and oxygen atoms in total. The summed E-state index contributed by atoms with van der Waals surface area (Å²) in [5, 5.41) is 4.87. The van der Waals surface area contributed by atoms with Crippen molar-refractivity contribution in [1.29, 1.82) is 0 Å². The summed E-state index contributed by atoms with van der Waals surface area (Å²) >= 11 is 0. The van der Waals surface area contributed by atoms with Gasteiger partial charge in [-0.3, -0.25) is 0 Å². The molecule has 2 amide bonds. The van der Waals surface area contributed by atoms with Gasteiger partial charge in [0.1, 0.15) is 12.4 Å². The third-order valence-electron chi connectivity index (χ3n) is 4.34. The van der Waals surface area contributed by atoms with Crippen molar-refractivity contribution in [3.63, 3.8) is 0 Å². The number of benzene rings is 1. The molecule has 0 radical (unpaired) electrons. The van der Waals surface area contributed by atoms with Crippen LogP contribution in [0.4, 0.5) is 4.79 Å². The Bertz CT molecular complexity index is 1120. The summed E-state index contributed by atoms with van der Waals surface area (Å²) in [6.07, 6.45) is 1.44. The largest absolute Gasteiger partial charge is 0.468 e. The summed E-state index contributed by atoms with van der Waals surface area (Å²) in [5.74, 6) is -0.945. The van der Waals surface area contributed by atoms with Crippen molar-refractivity contribution >= 4 is 28.0 Å². The highest BCUT2D eigenvalue weighted by atomic mass is 32.2. The van der Waals surface area contributed by atoms with Gasteiger partial charge in [-0.25, -0.2) is 27.5 Å². The molecule has 1 aliphatic rings. The van der Waals surface area contributed by atoms with Crippen molar-refractivity contribution in [2.24, 2.45) is 0 Å². The first-order chi connectivity index (χ1) is 15.3. The topological polar surface area (TPSA) is 153 Å². The Morgan fingerprint density at radius 3 is 2.53 bits per heavy atom. The van der Waals surface area contributed by atoms with Gasteiger partial charge in [0.05, 0.1) is 47.7 Å². The van der Waals surface area contributed by atoms with Gasteiger partial charge in [-0.05, 0) is 43.3 Å². The highest BCUT2D eigenvalue weighted by Gasteiger charge is 2.25. The fraction of sp³-hybridized carbons (Fsp3) is 0.250. The van der Waals surface area contributed by atoms with Crippen LogP contribution >= 0.6 is 0 Å². The highest BCUT2D eigenvalue weighted by molar-refractivity contribution is 7.89. The fourth-order valence-electron chi connectivity index (χ4n) is 2.72. The summed E-state index contributed by atoms with van der Waals surface area (Å²) in [6, 6.07) is 7.85. The molecule has 2 heterocycles. The molecular formula is C20H21N3O8S. The lowest BCUT2D eigenvalue weighted by Gasteiger charge is -2.21. The summed E-state index contributed by atoms with van der Waals surface area (Å²) in [7, 11) is -3.81. The molecule has 32 heavy (non-hydrogen) atoms. The smallest absolute Gasteiger partial charge is 0.338 e. The maximum atomic E-state index is 12.4. The molecule has 0 spiro atoms. The molecule has 0 bridgehead atoms. The second kappa shape index (κ2) is 10.1. The monoisotopic (exact) mass is 463 g/mol. The minimum Gasteiger partial charge on any atom is -0.468 e. The van der Waals surface area contributed by atoms with Crippen LogP contribution in [0.15, 0.2) is 63.2 Å². The summed E-state index contributed by atoms with van der Waals surface area (Å²) in [5.41, 5.74) is 0.346. The number of ether oxygens (including phenoxy) is 2. The molecule has 1 aromatic carbocycles. The molecule has 1 aromatic heterocycles. The molecule has 3 N–H and O–H groups in total. The molecule has 0 saturated carbocycles. The maximum absolute atomic E-state index is 12.4. The van der Waals surface area contributed by atoms with Crippen LogP contribution in [0, 0.1) is 0 Å². The van der Waals surface area contributed by atoms with E-state index in [1.807, 2.05) is 0 Å². The molecule has 0 aliphatic carbocycles. The summed E-state index contributed by atoms with van der Waals surface area (Å²) in [6.45, 7) is 1.34. The van der Waals surface area contributed by atoms with Crippen LogP contribution < -0.4 is 15.4 Å². The van der Waals surface area contributed by atoms with Gasteiger partial charge in [-0.2, -0.15) is 0 Å². The van der Waals surface area contributed by atoms with Crippen molar-refractivity contribution in [3.8, 4) is 0 Å². The lowest BCUT2D eigenvalue weighted by atomic mass is 10.1. The van der Waals surface area contributed by atoms with Crippen LogP contribution in [0.1, 0.15) is 23.0 Å². The summed E-state index contributed by atoms with van der Waals surface area (Å²) in [4.78, 5) is 35.9. The van der Waals surface area contributed by atoms with Crippen LogP contribution in [0.25, 0.3) is 0 Å². The Morgan fingerprint density at radius 1 is 1.12 bits per heavy atom.